The topological polar surface area (TPSA) is 119 Å². The van der Waals surface area contributed by atoms with E-state index in [2.05, 4.69) is 14.9 Å². The number of amides is 1. The van der Waals surface area contributed by atoms with E-state index in [-0.39, 0.29) is 36.5 Å². The molecule has 3 rings (SSSR count). The lowest BCUT2D eigenvalue weighted by Gasteiger charge is -2.30. The van der Waals surface area contributed by atoms with E-state index in [1.165, 1.54) is 6.92 Å². The maximum absolute atomic E-state index is 12.8. The van der Waals surface area contributed by atoms with E-state index in [9.17, 15) is 23.1 Å². The Morgan fingerprint density at radius 1 is 1.00 bits per heavy atom. The number of likely N-dealkylation sites (tertiary alicyclic amines) is 1. The maximum atomic E-state index is 12.8. The minimum Gasteiger partial charge on any atom is -0.760 e. The van der Waals surface area contributed by atoms with Crippen LogP contribution < -0.4 is 10.0 Å². The van der Waals surface area contributed by atoms with E-state index < -0.39 is 11.3 Å². The van der Waals surface area contributed by atoms with Gasteiger partial charge in [-0.1, -0.05) is 24.3 Å². The van der Waals surface area contributed by atoms with Crippen molar-refractivity contribution in [1.29, 1.82) is 0 Å². The summed E-state index contributed by atoms with van der Waals surface area (Å²) < 4.78 is 23.4. The summed E-state index contributed by atoms with van der Waals surface area (Å²) in [5.41, 5.74) is 2.64. The molecular formula is C23H26N3O5S-. The Bertz CT molecular complexity index is 984. The molecule has 1 amide bonds. The van der Waals surface area contributed by atoms with Crippen molar-refractivity contribution < 1.29 is 23.1 Å². The molecule has 1 aliphatic rings. The highest BCUT2D eigenvalue weighted by Crippen LogP contribution is 2.23. The molecule has 9 heteroatoms. The Morgan fingerprint density at radius 3 is 2.16 bits per heavy atom. The second-order valence-electron chi connectivity index (χ2n) is 7.85. The van der Waals surface area contributed by atoms with Crippen molar-refractivity contribution in [2.45, 2.75) is 26.3 Å². The lowest BCUT2D eigenvalue weighted by molar-refractivity contribution is -0.114. The molecule has 0 bridgehead atoms. The number of benzene rings is 2. The first-order valence-electron chi connectivity index (χ1n) is 10.4. The Morgan fingerprint density at radius 2 is 1.59 bits per heavy atom. The van der Waals surface area contributed by atoms with Gasteiger partial charge >= 0.3 is 0 Å². The Kier molecular flexibility index (Phi) is 8.40. The molecule has 0 radical (unpaired) electrons. The summed E-state index contributed by atoms with van der Waals surface area (Å²) in [6.07, 6.45) is 1.38. The molecule has 32 heavy (non-hydrogen) atoms. The van der Waals surface area contributed by atoms with Crippen LogP contribution in [0.2, 0.25) is 0 Å². The number of hydrogen-bond donors (Lipinski definition) is 2. The predicted molar refractivity (Wildman–Crippen MR) is 121 cm³/mol. The monoisotopic (exact) mass is 456 g/mol. The standard InChI is InChI=1S/C23H27N3O5S/c1-16(27)25-21-8-6-19(7-9-21)23(29)20-10-12-26(13-11-20)15-22(28)18-4-2-17(3-5-18)14-24-32(30)31/h2-9,20,24H,10-15H2,1H3,(H,25,27)(H,30,31)/p-1. The first-order chi connectivity index (χ1) is 15.3. The molecule has 0 aromatic heterocycles. The van der Waals surface area contributed by atoms with Crippen molar-refractivity contribution in [3.8, 4) is 0 Å². The van der Waals surface area contributed by atoms with E-state index >= 15 is 0 Å². The minimum absolute atomic E-state index is 0.00440. The normalized spacial score (nSPS) is 15.8. The first-order valence-corrected chi connectivity index (χ1v) is 11.5. The summed E-state index contributed by atoms with van der Waals surface area (Å²) in [4.78, 5) is 38.5. The fraction of sp³-hybridized carbons (Fsp3) is 0.348. The summed E-state index contributed by atoms with van der Waals surface area (Å²) in [6.45, 7) is 3.25. The Hall–Kier alpha value is -2.72. The average molecular weight is 457 g/mol. The molecule has 0 saturated carbocycles. The third kappa shape index (κ3) is 6.89. The van der Waals surface area contributed by atoms with E-state index in [4.69, 9.17) is 0 Å². The molecule has 1 saturated heterocycles. The fourth-order valence-electron chi connectivity index (χ4n) is 3.76. The lowest BCUT2D eigenvalue weighted by atomic mass is 9.88. The van der Waals surface area contributed by atoms with Gasteiger partial charge in [-0.05, 0) is 55.8 Å². The first kappa shape index (κ1) is 23.9. The number of nitrogens with one attached hydrogen (secondary N) is 2. The molecular weight excluding hydrogens is 430 g/mol. The van der Waals surface area contributed by atoms with E-state index in [1.54, 1.807) is 48.5 Å². The van der Waals surface area contributed by atoms with Crippen LogP contribution >= 0.6 is 0 Å². The zero-order valence-electron chi connectivity index (χ0n) is 17.8. The van der Waals surface area contributed by atoms with E-state index in [0.29, 0.717) is 42.7 Å². The average Bonchev–Trinajstić information content (AvgIpc) is 2.78. The van der Waals surface area contributed by atoms with Crippen LogP contribution in [0.1, 0.15) is 46.0 Å². The number of anilines is 1. The molecule has 1 aliphatic heterocycles. The third-order valence-electron chi connectivity index (χ3n) is 5.49. The number of ketones is 2. The quantitative estimate of drug-likeness (QED) is 0.442. The molecule has 8 nitrogen and oxygen atoms in total. The van der Waals surface area contributed by atoms with Gasteiger partial charge in [0, 0.05) is 47.5 Å². The van der Waals surface area contributed by atoms with Crippen molar-refractivity contribution in [3.63, 3.8) is 0 Å². The number of nitrogens with zero attached hydrogens (tertiary/aromatic N) is 1. The van der Waals surface area contributed by atoms with Gasteiger partial charge in [0.2, 0.25) is 5.91 Å². The van der Waals surface area contributed by atoms with Crippen LogP contribution in [0.4, 0.5) is 5.69 Å². The van der Waals surface area contributed by atoms with E-state index in [1.807, 2.05) is 0 Å². The van der Waals surface area contributed by atoms with Crippen LogP contribution in [-0.4, -0.2) is 50.8 Å². The fourth-order valence-corrected chi connectivity index (χ4v) is 4.04. The molecule has 1 heterocycles. The lowest BCUT2D eigenvalue weighted by Crippen LogP contribution is -2.39. The van der Waals surface area contributed by atoms with Crippen LogP contribution in [0.5, 0.6) is 0 Å². The van der Waals surface area contributed by atoms with Crippen molar-refractivity contribution in [2.24, 2.45) is 5.92 Å². The molecule has 2 N–H and O–H groups in total. The second kappa shape index (κ2) is 11.2. The molecule has 170 valence electrons. The number of Topliss-reactive ketones (excluding diaryl/α,β-unsaturated/α-hetero) is 2. The van der Waals surface area contributed by atoms with Gasteiger partial charge in [0.1, 0.15) is 0 Å². The van der Waals surface area contributed by atoms with Gasteiger partial charge in [0.25, 0.3) is 0 Å². The highest BCUT2D eigenvalue weighted by molar-refractivity contribution is 7.77. The van der Waals surface area contributed by atoms with Crippen LogP contribution in [0.15, 0.2) is 48.5 Å². The van der Waals surface area contributed by atoms with E-state index in [0.717, 1.165) is 5.56 Å². The van der Waals surface area contributed by atoms with Crippen molar-refractivity contribution in [1.82, 2.24) is 9.62 Å². The van der Waals surface area contributed by atoms with Gasteiger partial charge in [0.15, 0.2) is 11.6 Å². The molecule has 1 fully saturated rings. The van der Waals surface area contributed by atoms with Crippen molar-refractivity contribution >= 4 is 34.4 Å². The Labute approximate surface area is 189 Å². The van der Waals surface area contributed by atoms with Gasteiger partial charge in [-0.2, -0.15) is 0 Å². The van der Waals surface area contributed by atoms with Gasteiger partial charge in [0.05, 0.1) is 6.54 Å². The highest BCUT2D eigenvalue weighted by atomic mass is 32.2. The van der Waals surface area contributed by atoms with Gasteiger partial charge in [-0.15, -0.1) is 0 Å². The minimum atomic E-state index is -2.32. The number of carbonyl (C=O) groups is 3. The van der Waals surface area contributed by atoms with Crippen LogP contribution in [0.3, 0.4) is 0 Å². The Balaban J connectivity index is 1.47. The van der Waals surface area contributed by atoms with Gasteiger partial charge < -0.3 is 9.87 Å². The second-order valence-corrected chi connectivity index (χ2v) is 8.61. The molecule has 2 aromatic rings. The molecule has 2 aromatic carbocycles. The third-order valence-corrected chi connectivity index (χ3v) is 5.87. The highest BCUT2D eigenvalue weighted by Gasteiger charge is 2.26. The molecule has 1 unspecified atom stereocenters. The summed E-state index contributed by atoms with van der Waals surface area (Å²) >= 11 is -2.32. The summed E-state index contributed by atoms with van der Waals surface area (Å²) in [7, 11) is 0. The van der Waals surface area contributed by atoms with Crippen molar-refractivity contribution in [2.75, 3.05) is 25.0 Å². The molecule has 1 atom stereocenters. The summed E-state index contributed by atoms with van der Waals surface area (Å²) in [5.74, 6) is -0.147. The number of carbonyl (C=O) groups excluding carboxylic acids is 3. The smallest absolute Gasteiger partial charge is 0.221 e. The van der Waals surface area contributed by atoms with Gasteiger partial charge in [-0.25, -0.2) is 4.72 Å². The molecule has 0 aliphatic carbocycles. The van der Waals surface area contributed by atoms with Crippen LogP contribution in [-0.2, 0) is 22.6 Å². The maximum Gasteiger partial charge on any atom is 0.221 e. The van der Waals surface area contributed by atoms with Gasteiger partial charge in [-0.3, -0.25) is 23.5 Å². The predicted octanol–water partition coefficient (Wildman–Crippen LogP) is 2.31. The van der Waals surface area contributed by atoms with Crippen molar-refractivity contribution in [3.05, 3.63) is 65.2 Å². The largest absolute Gasteiger partial charge is 0.760 e. The van der Waals surface area contributed by atoms with Crippen LogP contribution in [0, 0.1) is 5.92 Å². The zero-order chi connectivity index (χ0) is 23.1. The number of rotatable bonds is 9. The number of hydrogen-bond acceptors (Lipinski definition) is 6. The summed E-state index contributed by atoms with van der Waals surface area (Å²) in [6, 6.07) is 13.8. The van der Waals surface area contributed by atoms with Crippen LogP contribution in [0.25, 0.3) is 0 Å². The summed E-state index contributed by atoms with van der Waals surface area (Å²) in [5, 5.41) is 2.68. The SMILES string of the molecule is CC(=O)Nc1ccc(C(=O)C2CCN(CC(=O)c3ccc(CNS(=O)[O-])cc3)CC2)cc1. The zero-order valence-corrected chi connectivity index (χ0v) is 18.7. The number of piperidine rings is 1. The molecule has 0 spiro atoms.